The molecule has 2 fully saturated rings. The van der Waals surface area contributed by atoms with Crippen LogP contribution in [0, 0.1) is 0 Å². The van der Waals surface area contributed by atoms with Crippen LogP contribution in [0.5, 0.6) is 0 Å². The van der Waals surface area contributed by atoms with Crippen LogP contribution in [0.15, 0.2) is 41.1 Å². The SMILES string of the molecule is O=C1CN([C@H]2c3ccccc3C3(CCN(C(=O)c4ccsc4)CC3)[C@@H]2O)CCN1. The molecule has 0 saturated carbocycles. The van der Waals surface area contributed by atoms with Gasteiger partial charge in [0, 0.05) is 37.0 Å². The van der Waals surface area contributed by atoms with Gasteiger partial charge in [0.2, 0.25) is 5.91 Å². The van der Waals surface area contributed by atoms with Crippen molar-refractivity contribution in [2.24, 2.45) is 0 Å². The standard InChI is InChI=1S/C22H25N3O3S/c26-18-13-25(11-8-23-18)19-16-3-1-2-4-17(16)22(20(19)27)6-9-24(10-7-22)21(28)15-5-12-29-14-15/h1-5,12,14,19-20,27H,6-11,13H2,(H,23,26)/t19-,20+/m0/s1. The Labute approximate surface area is 174 Å². The quantitative estimate of drug-likeness (QED) is 0.790. The van der Waals surface area contributed by atoms with E-state index in [1.54, 1.807) is 0 Å². The van der Waals surface area contributed by atoms with Gasteiger partial charge in [-0.1, -0.05) is 24.3 Å². The van der Waals surface area contributed by atoms with Crippen molar-refractivity contribution in [2.75, 3.05) is 32.7 Å². The Balaban J connectivity index is 1.42. The topological polar surface area (TPSA) is 72.9 Å². The number of amides is 2. The summed E-state index contributed by atoms with van der Waals surface area (Å²) in [5, 5.41) is 18.2. The van der Waals surface area contributed by atoms with Crippen molar-refractivity contribution < 1.29 is 14.7 Å². The molecule has 0 bridgehead atoms. The zero-order valence-corrected chi connectivity index (χ0v) is 17.0. The van der Waals surface area contributed by atoms with Gasteiger partial charge < -0.3 is 15.3 Å². The molecule has 0 radical (unpaired) electrons. The Hall–Kier alpha value is -2.22. The van der Waals surface area contributed by atoms with Crippen molar-refractivity contribution in [3.63, 3.8) is 0 Å². The van der Waals surface area contributed by atoms with Gasteiger partial charge in [-0.2, -0.15) is 11.3 Å². The van der Waals surface area contributed by atoms with Gasteiger partial charge in [0.1, 0.15) is 0 Å². The highest BCUT2D eigenvalue weighted by molar-refractivity contribution is 7.08. The van der Waals surface area contributed by atoms with Gasteiger partial charge in [-0.25, -0.2) is 0 Å². The number of thiophene rings is 1. The fourth-order valence-electron chi connectivity index (χ4n) is 5.37. The van der Waals surface area contributed by atoms with E-state index in [1.165, 1.54) is 16.9 Å². The highest BCUT2D eigenvalue weighted by Gasteiger charge is 2.54. The second-order valence-corrected chi connectivity index (χ2v) is 9.04. The molecule has 152 valence electrons. The molecule has 2 amide bonds. The van der Waals surface area contributed by atoms with Crippen LogP contribution in [0.4, 0.5) is 0 Å². The average molecular weight is 412 g/mol. The Kier molecular flexibility index (Phi) is 4.69. The number of rotatable bonds is 2. The van der Waals surface area contributed by atoms with E-state index in [-0.39, 0.29) is 23.3 Å². The molecule has 1 aliphatic carbocycles. The minimum absolute atomic E-state index is 0.0121. The van der Waals surface area contributed by atoms with Gasteiger partial charge in [-0.05, 0) is 35.4 Å². The number of aliphatic hydroxyl groups excluding tert-OH is 1. The minimum Gasteiger partial charge on any atom is -0.390 e. The monoisotopic (exact) mass is 411 g/mol. The van der Waals surface area contributed by atoms with Crippen LogP contribution < -0.4 is 5.32 Å². The second-order valence-electron chi connectivity index (χ2n) is 8.26. The largest absolute Gasteiger partial charge is 0.390 e. The van der Waals surface area contributed by atoms with Crippen molar-refractivity contribution in [1.82, 2.24) is 15.1 Å². The number of likely N-dealkylation sites (tertiary alicyclic amines) is 1. The first-order valence-corrected chi connectivity index (χ1v) is 11.1. The molecule has 1 aromatic heterocycles. The van der Waals surface area contributed by atoms with Gasteiger partial charge >= 0.3 is 0 Å². The molecular formula is C22H25N3O3S. The predicted octanol–water partition coefficient (Wildman–Crippen LogP) is 1.77. The van der Waals surface area contributed by atoms with Gasteiger partial charge in [-0.3, -0.25) is 14.5 Å². The van der Waals surface area contributed by atoms with Crippen molar-refractivity contribution in [2.45, 2.75) is 30.4 Å². The summed E-state index contributed by atoms with van der Waals surface area (Å²) in [6, 6.07) is 9.95. The number of carbonyl (C=O) groups excluding carboxylic acids is 2. The molecule has 1 spiro atoms. The molecule has 7 heteroatoms. The molecule has 6 nitrogen and oxygen atoms in total. The minimum atomic E-state index is -0.579. The number of fused-ring (bicyclic) bond motifs is 2. The third kappa shape index (κ3) is 2.99. The first-order chi connectivity index (χ1) is 14.1. The number of hydrogen-bond acceptors (Lipinski definition) is 5. The number of piperazine rings is 1. The summed E-state index contributed by atoms with van der Waals surface area (Å²) in [5.41, 5.74) is 2.70. The van der Waals surface area contributed by atoms with Crippen LogP contribution in [0.2, 0.25) is 0 Å². The number of carbonyl (C=O) groups is 2. The Morgan fingerprint density at radius 2 is 1.97 bits per heavy atom. The third-order valence-corrected chi connectivity index (χ3v) is 7.54. The first-order valence-electron chi connectivity index (χ1n) is 10.2. The molecule has 2 saturated heterocycles. The summed E-state index contributed by atoms with van der Waals surface area (Å²) >= 11 is 1.53. The molecular weight excluding hydrogens is 386 g/mol. The van der Waals surface area contributed by atoms with Crippen LogP contribution in [-0.4, -0.2) is 65.5 Å². The number of aliphatic hydroxyl groups is 1. The van der Waals surface area contributed by atoms with Gasteiger partial charge in [0.25, 0.3) is 5.91 Å². The van der Waals surface area contributed by atoms with E-state index in [0.29, 0.717) is 26.2 Å². The summed E-state index contributed by atoms with van der Waals surface area (Å²) in [4.78, 5) is 28.7. The molecule has 2 aliphatic heterocycles. The summed E-state index contributed by atoms with van der Waals surface area (Å²) in [6.45, 7) is 2.93. The van der Waals surface area contributed by atoms with Gasteiger partial charge in [0.05, 0.1) is 24.3 Å². The highest BCUT2D eigenvalue weighted by atomic mass is 32.1. The lowest BCUT2D eigenvalue weighted by Crippen LogP contribution is -2.54. The van der Waals surface area contributed by atoms with E-state index in [9.17, 15) is 14.7 Å². The fraction of sp³-hybridized carbons (Fsp3) is 0.455. The van der Waals surface area contributed by atoms with Crippen LogP contribution in [0.25, 0.3) is 0 Å². The Morgan fingerprint density at radius 1 is 1.17 bits per heavy atom. The maximum atomic E-state index is 12.8. The summed E-state index contributed by atoms with van der Waals surface area (Å²) in [6.07, 6.45) is 0.888. The predicted molar refractivity (Wildman–Crippen MR) is 111 cm³/mol. The molecule has 1 aromatic carbocycles. The number of benzene rings is 1. The van der Waals surface area contributed by atoms with Crippen LogP contribution in [-0.2, 0) is 10.2 Å². The number of piperidine rings is 1. The Morgan fingerprint density at radius 3 is 2.69 bits per heavy atom. The zero-order valence-electron chi connectivity index (χ0n) is 16.2. The van der Waals surface area contributed by atoms with E-state index >= 15 is 0 Å². The summed E-state index contributed by atoms with van der Waals surface area (Å²) < 4.78 is 0. The second kappa shape index (κ2) is 7.23. The maximum absolute atomic E-state index is 12.8. The van der Waals surface area contributed by atoms with Crippen LogP contribution in [0.1, 0.15) is 40.4 Å². The van der Waals surface area contributed by atoms with E-state index in [2.05, 4.69) is 22.3 Å². The smallest absolute Gasteiger partial charge is 0.254 e. The number of nitrogens with one attached hydrogen (secondary N) is 1. The number of nitrogens with zero attached hydrogens (tertiary/aromatic N) is 2. The van der Waals surface area contributed by atoms with E-state index < -0.39 is 6.10 Å². The van der Waals surface area contributed by atoms with Gasteiger partial charge in [-0.15, -0.1) is 0 Å². The fourth-order valence-corrected chi connectivity index (χ4v) is 6.00. The molecule has 3 aliphatic rings. The lowest BCUT2D eigenvalue weighted by molar-refractivity contribution is -0.126. The van der Waals surface area contributed by atoms with Gasteiger partial charge in [0.15, 0.2) is 0 Å². The van der Waals surface area contributed by atoms with Crippen molar-refractivity contribution in [1.29, 1.82) is 0 Å². The lowest BCUT2D eigenvalue weighted by atomic mass is 9.72. The molecule has 0 unspecified atom stereocenters. The average Bonchev–Trinajstić information content (AvgIpc) is 3.35. The van der Waals surface area contributed by atoms with Crippen molar-refractivity contribution in [3.8, 4) is 0 Å². The maximum Gasteiger partial charge on any atom is 0.254 e. The lowest BCUT2D eigenvalue weighted by Gasteiger charge is -2.44. The molecule has 2 aromatic rings. The number of hydrogen-bond donors (Lipinski definition) is 2. The van der Waals surface area contributed by atoms with Crippen molar-refractivity contribution >= 4 is 23.2 Å². The molecule has 29 heavy (non-hydrogen) atoms. The summed E-state index contributed by atoms with van der Waals surface area (Å²) in [5.74, 6) is 0.0872. The van der Waals surface area contributed by atoms with E-state index in [0.717, 1.165) is 30.5 Å². The molecule has 2 N–H and O–H groups in total. The first kappa shape index (κ1) is 18.8. The molecule has 5 rings (SSSR count). The van der Waals surface area contributed by atoms with E-state index in [1.807, 2.05) is 33.9 Å². The third-order valence-electron chi connectivity index (χ3n) is 6.85. The molecule has 3 heterocycles. The highest BCUT2D eigenvalue weighted by Crippen LogP contribution is 2.52. The van der Waals surface area contributed by atoms with E-state index in [4.69, 9.17) is 0 Å². The van der Waals surface area contributed by atoms with Crippen LogP contribution >= 0.6 is 11.3 Å². The normalized spacial score (nSPS) is 26.4. The zero-order chi connectivity index (χ0) is 20.0. The molecule has 2 atom stereocenters. The summed E-state index contributed by atoms with van der Waals surface area (Å²) in [7, 11) is 0. The van der Waals surface area contributed by atoms with Crippen LogP contribution in [0.3, 0.4) is 0 Å². The Bertz CT molecular complexity index is 921. The van der Waals surface area contributed by atoms with Crippen molar-refractivity contribution in [3.05, 3.63) is 57.8 Å².